The Morgan fingerprint density at radius 1 is 1.17 bits per heavy atom. The quantitative estimate of drug-likeness (QED) is 0.756. The lowest BCUT2D eigenvalue weighted by Crippen LogP contribution is -2.17. The minimum absolute atomic E-state index is 0.168. The van der Waals surface area contributed by atoms with Crippen LogP contribution in [0.15, 0.2) is 24.4 Å². The second-order valence-electron chi connectivity index (χ2n) is 4.81. The Morgan fingerprint density at radius 3 is 2.61 bits per heavy atom. The summed E-state index contributed by atoms with van der Waals surface area (Å²) in [6.45, 7) is 0. The number of benzene rings is 1. The number of nitrogens with zero attached hydrogens (tertiary/aromatic N) is 1. The highest BCUT2D eigenvalue weighted by Crippen LogP contribution is 2.31. The Kier molecular flexibility index (Phi) is 2.65. The van der Waals surface area contributed by atoms with Crippen molar-refractivity contribution in [3.8, 4) is 0 Å². The van der Waals surface area contributed by atoms with Gasteiger partial charge in [0, 0.05) is 36.5 Å². The molecule has 0 atom stereocenters. The number of rotatable bonds is 1. The van der Waals surface area contributed by atoms with Gasteiger partial charge in [0.15, 0.2) is 0 Å². The molecule has 0 N–H and O–H groups in total. The smallest absolute Gasteiger partial charge is 0.135 e. The number of carbonyl (C=O) groups is 1. The van der Waals surface area contributed by atoms with E-state index in [1.54, 1.807) is 12.3 Å². The normalized spacial score (nSPS) is 17.6. The maximum absolute atomic E-state index is 13.6. The van der Waals surface area contributed by atoms with Crippen LogP contribution in [0.2, 0.25) is 0 Å². The zero-order valence-corrected chi connectivity index (χ0v) is 9.83. The van der Waals surface area contributed by atoms with Crippen molar-refractivity contribution < 1.29 is 13.6 Å². The Bertz CT molecular complexity index is 608. The van der Waals surface area contributed by atoms with E-state index in [0.29, 0.717) is 23.7 Å². The van der Waals surface area contributed by atoms with Gasteiger partial charge in [-0.05, 0) is 25.0 Å². The Hall–Kier alpha value is -1.71. The van der Waals surface area contributed by atoms with Crippen molar-refractivity contribution in [2.24, 2.45) is 0 Å². The predicted molar refractivity (Wildman–Crippen MR) is 64.4 cm³/mol. The molecule has 1 aromatic heterocycles. The van der Waals surface area contributed by atoms with Crippen molar-refractivity contribution in [3.63, 3.8) is 0 Å². The lowest BCUT2D eigenvalue weighted by Gasteiger charge is -2.23. The molecule has 0 bridgehead atoms. The molecule has 18 heavy (non-hydrogen) atoms. The van der Waals surface area contributed by atoms with Crippen LogP contribution in [0.25, 0.3) is 10.9 Å². The predicted octanol–water partition coefficient (Wildman–Crippen LogP) is 3.60. The molecule has 2 aromatic rings. The van der Waals surface area contributed by atoms with E-state index in [9.17, 15) is 13.6 Å². The molecule has 1 heterocycles. The first-order chi connectivity index (χ1) is 8.65. The van der Waals surface area contributed by atoms with Gasteiger partial charge in [-0.3, -0.25) is 4.79 Å². The molecule has 0 unspecified atom stereocenters. The number of hydrogen-bond donors (Lipinski definition) is 0. The van der Waals surface area contributed by atoms with Crippen LogP contribution in [0.3, 0.4) is 0 Å². The van der Waals surface area contributed by atoms with E-state index in [-0.39, 0.29) is 11.8 Å². The molecule has 1 fully saturated rings. The van der Waals surface area contributed by atoms with Gasteiger partial charge in [0.25, 0.3) is 0 Å². The third kappa shape index (κ3) is 1.82. The first-order valence-corrected chi connectivity index (χ1v) is 6.12. The number of fused-ring (bicyclic) bond motifs is 1. The third-order valence-electron chi connectivity index (χ3n) is 3.66. The number of Topliss-reactive ketones (excluding diaryl/α,β-unsaturated/α-hetero) is 1. The molecule has 1 aliphatic carbocycles. The Labute approximate surface area is 103 Å². The summed E-state index contributed by atoms with van der Waals surface area (Å²) in [5.41, 5.74) is 0.576. The first-order valence-electron chi connectivity index (χ1n) is 6.12. The fourth-order valence-corrected chi connectivity index (χ4v) is 2.71. The van der Waals surface area contributed by atoms with Gasteiger partial charge in [-0.15, -0.1) is 0 Å². The second-order valence-corrected chi connectivity index (χ2v) is 4.81. The molecule has 94 valence electrons. The highest BCUT2D eigenvalue weighted by Gasteiger charge is 2.21. The number of ketones is 1. The van der Waals surface area contributed by atoms with Gasteiger partial charge in [-0.1, -0.05) is 0 Å². The number of halogens is 2. The van der Waals surface area contributed by atoms with Crippen LogP contribution in [0.4, 0.5) is 8.78 Å². The van der Waals surface area contributed by atoms with Crippen LogP contribution >= 0.6 is 0 Å². The first kappa shape index (κ1) is 11.4. The topological polar surface area (TPSA) is 22.0 Å². The number of hydrogen-bond acceptors (Lipinski definition) is 1. The van der Waals surface area contributed by atoms with E-state index in [0.717, 1.165) is 18.9 Å². The lowest BCUT2D eigenvalue weighted by atomic mass is 9.94. The van der Waals surface area contributed by atoms with Gasteiger partial charge in [-0.25, -0.2) is 8.78 Å². The van der Waals surface area contributed by atoms with E-state index >= 15 is 0 Å². The standard InChI is InChI=1S/C14H13F2NO/c15-9-7-13(16)12-5-6-17(14(12)8-9)10-1-3-11(18)4-2-10/h5-8,10H,1-4H2. The largest absolute Gasteiger partial charge is 0.344 e. The summed E-state index contributed by atoms with van der Waals surface area (Å²) in [4.78, 5) is 11.2. The SMILES string of the molecule is O=C1CCC(n2ccc3c(F)cc(F)cc32)CC1. The van der Waals surface area contributed by atoms with Crippen LogP contribution in [-0.2, 0) is 4.79 Å². The molecule has 4 heteroatoms. The molecule has 1 saturated carbocycles. The van der Waals surface area contributed by atoms with Crippen molar-refractivity contribution in [1.82, 2.24) is 4.57 Å². The van der Waals surface area contributed by atoms with Crippen molar-refractivity contribution in [3.05, 3.63) is 36.0 Å². The van der Waals surface area contributed by atoms with Crippen molar-refractivity contribution >= 4 is 16.7 Å². The van der Waals surface area contributed by atoms with Gasteiger partial charge in [-0.2, -0.15) is 0 Å². The molecular formula is C14H13F2NO. The van der Waals surface area contributed by atoms with E-state index in [1.807, 2.05) is 4.57 Å². The summed E-state index contributed by atoms with van der Waals surface area (Å²) in [5.74, 6) is -0.817. The van der Waals surface area contributed by atoms with Gasteiger partial charge >= 0.3 is 0 Å². The number of aromatic nitrogens is 1. The van der Waals surface area contributed by atoms with E-state index in [4.69, 9.17) is 0 Å². The summed E-state index contributed by atoms with van der Waals surface area (Å²) in [7, 11) is 0. The summed E-state index contributed by atoms with van der Waals surface area (Å²) < 4.78 is 28.8. The zero-order chi connectivity index (χ0) is 12.7. The van der Waals surface area contributed by atoms with Crippen LogP contribution in [0.5, 0.6) is 0 Å². The fourth-order valence-electron chi connectivity index (χ4n) is 2.71. The molecular weight excluding hydrogens is 236 g/mol. The molecule has 2 nitrogen and oxygen atoms in total. The van der Waals surface area contributed by atoms with Crippen LogP contribution in [0.1, 0.15) is 31.7 Å². The maximum Gasteiger partial charge on any atom is 0.135 e. The van der Waals surface area contributed by atoms with Gasteiger partial charge in [0.2, 0.25) is 0 Å². The summed E-state index contributed by atoms with van der Waals surface area (Å²) in [6.07, 6.45) is 4.40. The van der Waals surface area contributed by atoms with Gasteiger partial charge in [0.1, 0.15) is 17.4 Å². The highest BCUT2D eigenvalue weighted by atomic mass is 19.1. The molecule has 0 amide bonds. The van der Waals surface area contributed by atoms with E-state index < -0.39 is 11.6 Å². The van der Waals surface area contributed by atoms with Gasteiger partial charge < -0.3 is 4.57 Å². The monoisotopic (exact) mass is 249 g/mol. The number of carbonyl (C=O) groups excluding carboxylic acids is 1. The average molecular weight is 249 g/mol. The lowest BCUT2D eigenvalue weighted by molar-refractivity contribution is -0.120. The summed E-state index contributed by atoms with van der Waals surface area (Å²) in [6, 6.07) is 4.09. The minimum atomic E-state index is -0.563. The second kappa shape index (κ2) is 4.19. The Morgan fingerprint density at radius 2 is 1.89 bits per heavy atom. The molecule has 1 aromatic carbocycles. The molecule has 0 spiro atoms. The average Bonchev–Trinajstić information content (AvgIpc) is 2.74. The summed E-state index contributed by atoms with van der Waals surface area (Å²) >= 11 is 0. The van der Waals surface area contributed by atoms with E-state index in [1.165, 1.54) is 6.07 Å². The molecule has 0 radical (unpaired) electrons. The Balaban J connectivity index is 2.04. The maximum atomic E-state index is 13.6. The highest BCUT2D eigenvalue weighted by molar-refractivity contribution is 5.82. The molecule has 1 aliphatic rings. The third-order valence-corrected chi connectivity index (χ3v) is 3.66. The van der Waals surface area contributed by atoms with Gasteiger partial charge in [0.05, 0.1) is 5.52 Å². The van der Waals surface area contributed by atoms with Crippen LogP contribution in [0, 0.1) is 11.6 Å². The summed E-state index contributed by atoms with van der Waals surface area (Å²) in [5, 5.41) is 0.438. The zero-order valence-electron chi connectivity index (χ0n) is 9.83. The van der Waals surface area contributed by atoms with Crippen LogP contribution < -0.4 is 0 Å². The minimum Gasteiger partial charge on any atom is -0.344 e. The molecule has 0 aliphatic heterocycles. The van der Waals surface area contributed by atoms with Crippen molar-refractivity contribution in [1.29, 1.82) is 0 Å². The van der Waals surface area contributed by atoms with Crippen molar-refractivity contribution in [2.75, 3.05) is 0 Å². The molecule has 3 rings (SSSR count). The van der Waals surface area contributed by atoms with Crippen LogP contribution in [-0.4, -0.2) is 10.4 Å². The fraction of sp³-hybridized carbons (Fsp3) is 0.357. The molecule has 0 saturated heterocycles. The van der Waals surface area contributed by atoms with E-state index in [2.05, 4.69) is 0 Å². The van der Waals surface area contributed by atoms with Crippen molar-refractivity contribution in [2.45, 2.75) is 31.7 Å².